The maximum atomic E-state index is 13.2. The number of hydrogen-bond acceptors (Lipinski definition) is 3. The predicted molar refractivity (Wildman–Crippen MR) is 107 cm³/mol. The van der Waals surface area contributed by atoms with Crippen LogP contribution in [-0.4, -0.2) is 16.8 Å². The van der Waals surface area contributed by atoms with Crippen molar-refractivity contribution in [2.75, 3.05) is 0 Å². The Hall–Kier alpha value is -3.40. The summed E-state index contributed by atoms with van der Waals surface area (Å²) in [6.07, 6.45) is 0.135. The Kier molecular flexibility index (Phi) is 5.20. The van der Waals surface area contributed by atoms with Gasteiger partial charge < -0.3 is 4.74 Å². The van der Waals surface area contributed by atoms with Crippen molar-refractivity contribution in [1.29, 1.82) is 0 Å². The monoisotopic (exact) mass is 371 g/mol. The average molecular weight is 371 g/mol. The third-order valence-corrected chi connectivity index (χ3v) is 5.04. The molecule has 0 aliphatic carbocycles. The fourth-order valence-corrected chi connectivity index (χ4v) is 3.73. The number of amides is 1. The summed E-state index contributed by atoms with van der Waals surface area (Å²) in [5.41, 5.74) is 1.86. The van der Waals surface area contributed by atoms with Crippen molar-refractivity contribution >= 4 is 11.9 Å². The molecule has 0 spiro atoms. The number of nitrogens with zero attached hydrogens (tertiary/aromatic N) is 1. The molecule has 1 aliphatic rings. The van der Waals surface area contributed by atoms with Crippen molar-refractivity contribution in [2.45, 2.75) is 24.9 Å². The van der Waals surface area contributed by atoms with Crippen LogP contribution in [0.3, 0.4) is 0 Å². The van der Waals surface area contributed by atoms with E-state index >= 15 is 0 Å². The predicted octanol–water partition coefficient (Wildman–Crippen LogP) is 5.33. The first-order chi connectivity index (χ1) is 13.7. The van der Waals surface area contributed by atoms with Crippen molar-refractivity contribution in [1.82, 2.24) is 4.90 Å². The second-order valence-electron chi connectivity index (χ2n) is 6.89. The molecule has 1 saturated heterocycles. The highest BCUT2D eigenvalue weighted by Crippen LogP contribution is 2.40. The standard InChI is InChI=1S/C24H21NO3/c26-20-16-22(18-10-4-1-5-11-18)25(23(17-20)19-12-6-2-7-13-19)24(27)28-21-14-8-3-9-15-21/h1-15,22-23H,16-17H2. The molecule has 1 heterocycles. The van der Waals surface area contributed by atoms with E-state index in [1.165, 1.54) is 0 Å². The van der Waals surface area contributed by atoms with E-state index in [2.05, 4.69) is 0 Å². The van der Waals surface area contributed by atoms with E-state index in [0.29, 0.717) is 5.75 Å². The first-order valence-electron chi connectivity index (χ1n) is 9.39. The molecule has 4 heteroatoms. The molecule has 0 radical (unpaired) electrons. The Balaban J connectivity index is 1.73. The molecule has 1 aliphatic heterocycles. The Labute approximate surface area is 164 Å². The zero-order valence-corrected chi connectivity index (χ0v) is 15.4. The number of carbonyl (C=O) groups excluding carboxylic acids is 2. The number of ether oxygens (including phenoxy) is 1. The third-order valence-electron chi connectivity index (χ3n) is 5.04. The third kappa shape index (κ3) is 3.81. The van der Waals surface area contributed by atoms with Gasteiger partial charge in [0.2, 0.25) is 0 Å². The summed E-state index contributed by atoms with van der Waals surface area (Å²) in [6.45, 7) is 0. The summed E-state index contributed by atoms with van der Waals surface area (Å²) < 4.78 is 5.67. The van der Waals surface area contributed by atoms with Crippen molar-refractivity contribution in [3.8, 4) is 5.75 Å². The van der Waals surface area contributed by atoms with Gasteiger partial charge in [-0.3, -0.25) is 9.69 Å². The molecule has 3 aromatic rings. The molecular weight excluding hydrogens is 350 g/mol. The summed E-state index contributed by atoms with van der Waals surface area (Å²) in [5, 5.41) is 0. The maximum Gasteiger partial charge on any atom is 0.416 e. The van der Waals surface area contributed by atoms with Gasteiger partial charge in [0, 0.05) is 12.8 Å². The minimum atomic E-state index is -0.443. The molecule has 2 atom stereocenters. The van der Waals surface area contributed by atoms with Gasteiger partial charge in [0.05, 0.1) is 12.1 Å². The van der Waals surface area contributed by atoms with Gasteiger partial charge in [0.1, 0.15) is 11.5 Å². The van der Waals surface area contributed by atoms with Crippen LogP contribution in [0.5, 0.6) is 5.75 Å². The molecule has 0 N–H and O–H groups in total. The number of ketones is 1. The highest BCUT2D eigenvalue weighted by molar-refractivity contribution is 5.84. The number of Topliss-reactive ketones (excluding diaryl/α,β-unsaturated/α-hetero) is 1. The lowest BCUT2D eigenvalue weighted by molar-refractivity contribution is -0.124. The summed E-state index contributed by atoms with van der Waals surface area (Å²) in [6, 6.07) is 27.7. The first-order valence-corrected chi connectivity index (χ1v) is 9.39. The second kappa shape index (κ2) is 8.09. The smallest absolute Gasteiger partial charge is 0.410 e. The molecule has 4 nitrogen and oxygen atoms in total. The van der Waals surface area contributed by atoms with Crippen LogP contribution < -0.4 is 4.74 Å². The summed E-state index contributed by atoms with van der Waals surface area (Å²) in [5.74, 6) is 0.634. The fourth-order valence-electron chi connectivity index (χ4n) is 3.73. The Bertz CT molecular complexity index is 890. The minimum Gasteiger partial charge on any atom is -0.410 e. The van der Waals surface area contributed by atoms with E-state index in [4.69, 9.17) is 4.74 Å². The van der Waals surface area contributed by atoms with E-state index in [0.717, 1.165) is 11.1 Å². The van der Waals surface area contributed by atoms with E-state index in [-0.39, 0.29) is 30.7 Å². The van der Waals surface area contributed by atoms with Crippen LogP contribution in [0.25, 0.3) is 0 Å². The van der Waals surface area contributed by atoms with E-state index in [9.17, 15) is 9.59 Å². The normalized spacial score (nSPS) is 19.3. The molecule has 2 unspecified atom stereocenters. The van der Waals surface area contributed by atoms with Crippen LogP contribution in [-0.2, 0) is 4.79 Å². The lowest BCUT2D eigenvalue weighted by Crippen LogP contribution is -2.45. The highest BCUT2D eigenvalue weighted by atomic mass is 16.6. The van der Waals surface area contributed by atoms with Crippen LogP contribution in [0.15, 0.2) is 91.0 Å². The molecule has 0 aromatic heterocycles. The Morgan fingerprint density at radius 3 is 1.61 bits per heavy atom. The zero-order chi connectivity index (χ0) is 19.3. The molecule has 3 aromatic carbocycles. The first kappa shape index (κ1) is 18.0. The molecule has 140 valence electrons. The molecule has 1 fully saturated rings. The minimum absolute atomic E-state index is 0.145. The largest absolute Gasteiger partial charge is 0.416 e. The highest BCUT2D eigenvalue weighted by Gasteiger charge is 2.40. The molecule has 4 rings (SSSR count). The Morgan fingerprint density at radius 2 is 1.14 bits per heavy atom. The average Bonchev–Trinajstić information content (AvgIpc) is 2.75. The van der Waals surface area contributed by atoms with E-state index in [1.54, 1.807) is 17.0 Å². The van der Waals surface area contributed by atoms with E-state index < -0.39 is 6.09 Å². The summed E-state index contributed by atoms with van der Waals surface area (Å²) >= 11 is 0. The zero-order valence-electron chi connectivity index (χ0n) is 15.4. The number of rotatable bonds is 3. The number of likely N-dealkylation sites (tertiary alicyclic amines) is 1. The van der Waals surface area contributed by atoms with Crippen LogP contribution in [0.4, 0.5) is 4.79 Å². The number of piperidine rings is 1. The van der Waals surface area contributed by atoms with Gasteiger partial charge in [-0.05, 0) is 23.3 Å². The Morgan fingerprint density at radius 1 is 0.714 bits per heavy atom. The van der Waals surface area contributed by atoms with Crippen LogP contribution in [0.2, 0.25) is 0 Å². The van der Waals surface area contributed by atoms with Gasteiger partial charge >= 0.3 is 6.09 Å². The maximum absolute atomic E-state index is 13.2. The molecule has 1 amide bonds. The summed E-state index contributed by atoms with van der Waals surface area (Å²) in [7, 11) is 0. The molecule has 0 saturated carbocycles. The van der Waals surface area contributed by atoms with Crippen LogP contribution >= 0.6 is 0 Å². The van der Waals surface area contributed by atoms with Crippen molar-refractivity contribution < 1.29 is 14.3 Å². The topological polar surface area (TPSA) is 46.6 Å². The molecule has 28 heavy (non-hydrogen) atoms. The number of benzene rings is 3. The van der Waals surface area contributed by atoms with Crippen LogP contribution in [0, 0.1) is 0 Å². The number of carbonyl (C=O) groups is 2. The lowest BCUT2D eigenvalue weighted by Gasteiger charge is -2.41. The second-order valence-corrected chi connectivity index (χ2v) is 6.89. The number of para-hydroxylation sites is 1. The lowest BCUT2D eigenvalue weighted by atomic mass is 9.87. The van der Waals surface area contributed by atoms with Gasteiger partial charge in [-0.25, -0.2) is 4.79 Å². The fraction of sp³-hybridized carbons (Fsp3) is 0.167. The van der Waals surface area contributed by atoms with Gasteiger partial charge in [0.15, 0.2) is 0 Å². The molecule has 0 bridgehead atoms. The van der Waals surface area contributed by atoms with Crippen molar-refractivity contribution in [3.63, 3.8) is 0 Å². The van der Waals surface area contributed by atoms with Gasteiger partial charge in [-0.2, -0.15) is 0 Å². The molecular formula is C24H21NO3. The van der Waals surface area contributed by atoms with Crippen molar-refractivity contribution in [3.05, 3.63) is 102 Å². The van der Waals surface area contributed by atoms with Gasteiger partial charge in [0.25, 0.3) is 0 Å². The summed E-state index contributed by atoms with van der Waals surface area (Å²) in [4.78, 5) is 27.5. The van der Waals surface area contributed by atoms with Gasteiger partial charge in [-0.1, -0.05) is 78.9 Å². The van der Waals surface area contributed by atoms with Gasteiger partial charge in [-0.15, -0.1) is 0 Å². The van der Waals surface area contributed by atoms with E-state index in [1.807, 2.05) is 78.9 Å². The SMILES string of the molecule is O=C1CC(c2ccccc2)N(C(=O)Oc2ccccc2)C(c2ccccc2)C1. The van der Waals surface area contributed by atoms with Crippen LogP contribution in [0.1, 0.15) is 36.1 Å². The quantitative estimate of drug-likeness (QED) is 0.625. The number of hydrogen-bond donors (Lipinski definition) is 0. The van der Waals surface area contributed by atoms with Crippen molar-refractivity contribution in [2.24, 2.45) is 0 Å².